The Bertz CT molecular complexity index is 1080. The highest BCUT2D eigenvalue weighted by molar-refractivity contribution is 5.84. The van der Waals surface area contributed by atoms with Crippen molar-refractivity contribution in [3.8, 4) is 0 Å². The summed E-state index contributed by atoms with van der Waals surface area (Å²) in [5, 5.41) is 9.56. The molecule has 4 heterocycles. The molecule has 1 spiro atoms. The van der Waals surface area contributed by atoms with Gasteiger partial charge < -0.3 is 19.0 Å². The maximum absolute atomic E-state index is 12.9. The summed E-state index contributed by atoms with van der Waals surface area (Å²) in [4.78, 5) is 20.6. The number of benzene rings is 1. The number of para-hydroxylation sites is 1. The van der Waals surface area contributed by atoms with E-state index >= 15 is 0 Å². The van der Waals surface area contributed by atoms with E-state index in [-0.39, 0.29) is 17.4 Å². The molecule has 0 bridgehead atoms. The number of hydrogen-bond donors (Lipinski definition) is 1. The molecular weight excluding hydrogens is 406 g/mol. The Morgan fingerprint density at radius 2 is 2.09 bits per heavy atom. The Labute approximate surface area is 187 Å². The number of piperidine rings is 1. The molecule has 1 unspecified atom stereocenters. The lowest BCUT2D eigenvalue weighted by Crippen LogP contribution is -2.44. The molecule has 8 nitrogen and oxygen atoms in total. The minimum atomic E-state index is 0.136. The van der Waals surface area contributed by atoms with Crippen LogP contribution in [-0.2, 0) is 22.6 Å². The average Bonchev–Trinajstić information content (AvgIpc) is 3.51. The molecule has 2 aromatic heterocycles. The molecule has 2 saturated heterocycles. The molecule has 2 aliphatic heterocycles. The number of rotatable bonds is 6. The molecule has 1 aromatic carbocycles. The number of fused-ring (bicyclic) bond motifs is 1. The van der Waals surface area contributed by atoms with Crippen LogP contribution in [0.1, 0.15) is 49.1 Å². The monoisotopic (exact) mass is 437 g/mol. The molecule has 3 aromatic rings. The summed E-state index contributed by atoms with van der Waals surface area (Å²) in [5.74, 6) is 1.45. The number of hydrogen-bond acceptors (Lipinski definition) is 6. The fourth-order valence-corrected chi connectivity index (χ4v) is 5.46. The standard InChI is InChI=1S/C24H31N5O3/c1-28-16-24(13-20(28)23-27-26-21(32-23)15-31-2)9-11-29(12-10-24)22(30)8-7-17-14-25-19-6-4-3-5-18(17)19/h3-6,14,20,25H,7-13,15-16H2,1-2H3. The molecule has 2 fully saturated rings. The Kier molecular flexibility index (Phi) is 5.73. The number of methoxy groups -OCH3 is 1. The van der Waals surface area contributed by atoms with Crippen molar-refractivity contribution in [2.24, 2.45) is 5.41 Å². The zero-order chi connectivity index (χ0) is 22.1. The van der Waals surface area contributed by atoms with Crippen molar-refractivity contribution in [1.82, 2.24) is 25.0 Å². The molecular formula is C24H31N5O3. The van der Waals surface area contributed by atoms with Crippen LogP contribution >= 0.6 is 0 Å². The van der Waals surface area contributed by atoms with Crippen molar-refractivity contribution in [2.45, 2.75) is 44.8 Å². The van der Waals surface area contributed by atoms with Crippen molar-refractivity contribution < 1.29 is 13.9 Å². The summed E-state index contributed by atoms with van der Waals surface area (Å²) in [6, 6.07) is 8.40. The number of aromatic amines is 1. The van der Waals surface area contributed by atoms with Crippen LogP contribution < -0.4 is 0 Å². The van der Waals surface area contributed by atoms with Crippen LogP contribution in [0.5, 0.6) is 0 Å². The number of carbonyl (C=O) groups is 1. The number of nitrogens with zero attached hydrogens (tertiary/aromatic N) is 4. The molecule has 2 aliphatic rings. The maximum atomic E-state index is 12.9. The van der Waals surface area contributed by atoms with Gasteiger partial charge in [0.05, 0.1) is 6.04 Å². The van der Waals surface area contributed by atoms with E-state index in [1.54, 1.807) is 7.11 Å². The van der Waals surface area contributed by atoms with Gasteiger partial charge in [-0.05, 0) is 49.8 Å². The van der Waals surface area contributed by atoms with Crippen molar-refractivity contribution in [2.75, 3.05) is 33.8 Å². The van der Waals surface area contributed by atoms with Crippen LogP contribution in [-0.4, -0.2) is 64.7 Å². The number of H-pyrrole nitrogens is 1. The minimum absolute atomic E-state index is 0.136. The van der Waals surface area contributed by atoms with Gasteiger partial charge in [-0.1, -0.05) is 18.2 Å². The first-order valence-corrected chi connectivity index (χ1v) is 11.4. The third-order valence-corrected chi connectivity index (χ3v) is 7.24. The van der Waals surface area contributed by atoms with Crippen LogP contribution in [0.4, 0.5) is 0 Å². The predicted molar refractivity (Wildman–Crippen MR) is 120 cm³/mol. The van der Waals surface area contributed by atoms with E-state index in [0.29, 0.717) is 24.8 Å². The fourth-order valence-electron chi connectivity index (χ4n) is 5.46. The minimum Gasteiger partial charge on any atom is -0.421 e. The molecule has 0 radical (unpaired) electrons. The highest BCUT2D eigenvalue weighted by Crippen LogP contribution is 2.48. The Morgan fingerprint density at radius 1 is 1.28 bits per heavy atom. The molecule has 32 heavy (non-hydrogen) atoms. The van der Waals surface area contributed by atoms with Gasteiger partial charge in [0.1, 0.15) is 6.61 Å². The zero-order valence-electron chi connectivity index (χ0n) is 18.8. The molecule has 0 saturated carbocycles. The van der Waals surface area contributed by atoms with Crippen molar-refractivity contribution in [1.29, 1.82) is 0 Å². The highest BCUT2D eigenvalue weighted by atomic mass is 16.5. The average molecular weight is 438 g/mol. The Balaban J connectivity index is 1.16. The van der Waals surface area contributed by atoms with E-state index in [9.17, 15) is 4.79 Å². The van der Waals surface area contributed by atoms with Gasteiger partial charge in [-0.25, -0.2) is 0 Å². The Morgan fingerprint density at radius 3 is 2.91 bits per heavy atom. The van der Waals surface area contributed by atoms with Gasteiger partial charge in [0, 0.05) is 50.3 Å². The second-order valence-electron chi connectivity index (χ2n) is 9.34. The number of ether oxygens (including phenoxy) is 1. The van der Waals surface area contributed by atoms with Crippen molar-refractivity contribution >= 4 is 16.8 Å². The number of nitrogens with one attached hydrogen (secondary N) is 1. The number of carbonyl (C=O) groups excluding carboxylic acids is 1. The first-order valence-electron chi connectivity index (χ1n) is 11.4. The fraction of sp³-hybridized carbons (Fsp3) is 0.542. The van der Waals surface area contributed by atoms with E-state index in [0.717, 1.165) is 50.8 Å². The quantitative estimate of drug-likeness (QED) is 0.637. The van der Waals surface area contributed by atoms with Gasteiger partial charge in [0.2, 0.25) is 17.7 Å². The van der Waals surface area contributed by atoms with Gasteiger partial charge in [-0.3, -0.25) is 9.69 Å². The topological polar surface area (TPSA) is 87.5 Å². The highest BCUT2D eigenvalue weighted by Gasteiger charge is 2.46. The van der Waals surface area contributed by atoms with E-state index in [1.165, 1.54) is 10.9 Å². The second-order valence-corrected chi connectivity index (χ2v) is 9.34. The smallest absolute Gasteiger partial charge is 0.242 e. The third kappa shape index (κ3) is 4.04. The van der Waals surface area contributed by atoms with Crippen LogP contribution in [0.2, 0.25) is 0 Å². The summed E-state index contributed by atoms with van der Waals surface area (Å²) in [7, 11) is 3.74. The summed E-state index contributed by atoms with van der Waals surface area (Å²) in [6.45, 7) is 2.99. The molecule has 1 amide bonds. The van der Waals surface area contributed by atoms with Gasteiger partial charge in [-0.2, -0.15) is 0 Å². The van der Waals surface area contributed by atoms with Crippen LogP contribution in [0.3, 0.4) is 0 Å². The van der Waals surface area contributed by atoms with Crippen LogP contribution in [0.15, 0.2) is 34.9 Å². The number of aromatic nitrogens is 3. The number of aryl methyl sites for hydroxylation is 1. The molecule has 5 rings (SSSR count). The molecule has 0 aliphatic carbocycles. The third-order valence-electron chi connectivity index (χ3n) is 7.24. The van der Waals surface area contributed by atoms with Gasteiger partial charge in [0.15, 0.2) is 0 Å². The second kappa shape index (κ2) is 8.67. The first-order chi connectivity index (χ1) is 15.6. The summed E-state index contributed by atoms with van der Waals surface area (Å²) < 4.78 is 10.9. The van der Waals surface area contributed by atoms with Crippen LogP contribution in [0, 0.1) is 5.41 Å². The van der Waals surface area contributed by atoms with Crippen molar-refractivity contribution in [3.63, 3.8) is 0 Å². The maximum Gasteiger partial charge on any atom is 0.242 e. The first kappa shape index (κ1) is 21.2. The number of amides is 1. The lowest BCUT2D eigenvalue weighted by atomic mass is 9.76. The summed E-state index contributed by atoms with van der Waals surface area (Å²) in [5.41, 5.74) is 2.56. The number of likely N-dealkylation sites (tertiary alicyclic amines) is 2. The normalized spacial score (nSPS) is 21.1. The van der Waals surface area contributed by atoms with E-state index in [2.05, 4.69) is 44.2 Å². The molecule has 1 N–H and O–H groups in total. The zero-order valence-corrected chi connectivity index (χ0v) is 18.8. The SMILES string of the molecule is COCc1nnc(C2CC3(CCN(C(=O)CCc4c[nH]c5ccccc45)CC3)CN2C)o1. The molecule has 1 atom stereocenters. The van der Waals surface area contributed by atoms with Crippen LogP contribution in [0.25, 0.3) is 10.9 Å². The lowest BCUT2D eigenvalue weighted by molar-refractivity contribution is -0.133. The summed E-state index contributed by atoms with van der Waals surface area (Å²) >= 11 is 0. The van der Waals surface area contributed by atoms with Gasteiger partial charge in [-0.15, -0.1) is 10.2 Å². The molecule has 170 valence electrons. The largest absolute Gasteiger partial charge is 0.421 e. The Hall–Kier alpha value is -2.71. The lowest BCUT2D eigenvalue weighted by Gasteiger charge is -2.39. The van der Waals surface area contributed by atoms with Gasteiger partial charge >= 0.3 is 0 Å². The van der Waals surface area contributed by atoms with Crippen molar-refractivity contribution in [3.05, 3.63) is 47.8 Å². The molecule has 8 heteroatoms. The van der Waals surface area contributed by atoms with E-state index in [4.69, 9.17) is 9.15 Å². The van der Waals surface area contributed by atoms with E-state index < -0.39 is 0 Å². The predicted octanol–water partition coefficient (Wildman–Crippen LogP) is 3.32. The van der Waals surface area contributed by atoms with Gasteiger partial charge in [0.25, 0.3) is 0 Å². The van der Waals surface area contributed by atoms with E-state index in [1.807, 2.05) is 18.3 Å². The summed E-state index contributed by atoms with van der Waals surface area (Å²) in [6.07, 6.45) is 6.40.